The summed E-state index contributed by atoms with van der Waals surface area (Å²) in [4.78, 5) is 2.02. The van der Waals surface area contributed by atoms with Crippen molar-refractivity contribution in [3.63, 3.8) is 0 Å². The number of nitrogens with zero attached hydrogens (tertiary/aromatic N) is 3. The van der Waals surface area contributed by atoms with E-state index in [1.54, 1.807) is 0 Å². The van der Waals surface area contributed by atoms with Crippen molar-refractivity contribution in [3.05, 3.63) is 30.1 Å². The third-order valence-electron chi connectivity index (χ3n) is 1.84. The van der Waals surface area contributed by atoms with Crippen molar-refractivity contribution < 1.29 is 0 Å². The van der Waals surface area contributed by atoms with Gasteiger partial charge in [-0.25, -0.2) is 5.10 Å². The lowest BCUT2D eigenvalue weighted by Crippen LogP contribution is -2.26. The lowest BCUT2D eigenvalue weighted by molar-refractivity contribution is 0.812. The first-order chi connectivity index (χ1) is 6.70. The van der Waals surface area contributed by atoms with Crippen LogP contribution < -0.4 is 4.90 Å². The summed E-state index contributed by atoms with van der Waals surface area (Å²) in [7, 11) is 1.88. The van der Waals surface area contributed by atoms with Gasteiger partial charge in [-0.2, -0.15) is 0 Å². The topological polar surface area (TPSA) is 36.9 Å². The summed E-state index contributed by atoms with van der Waals surface area (Å²) in [6.45, 7) is 8.83. The molecule has 0 aliphatic rings. The Labute approximate surface area is 88.6 Å². The second-order valence-electron chi connectivity index (χ2n) is 2.87. The number of anilines is 1. The highest BCUT2D eigenvalue weighted by atomic mass is 32.1. The van der Waals surface area contributed by atoms with Crippen LogP contribution in [0, 0.1) is 4.77 Å². The molecule has 1 rings (SSSR count). The largest absolute Gasteiger partial charge is 0.334 e. The number of aromatic nitrogens is 3. The highest BCUT2D eigenvalue weighted by Gasteiger charge is 2.08. The van der Waals surface area contributed by atoms with Crippen LogP contribution >= 0.6 is 12.2 Å². The van der Waals surface area contributed by atoms with Gasteiger partial charge in [-0.15, -0.1) is 18.3 Å². The third-order valence-corrected chi connectivity index (χ3v) is 2.20. The molecule has 76 valence electrons. The Morgan fingerprint density at radius 2 is 2.07 bits per heavy atom. The maximum Gasteiger partial charge on any atom is 0.226 e. The van der Waals surface area contributed by atoms with Gasteiger partial charge in [0, 0.05) is 20.1 Å². The van der Waals surface area contributed by atoms with E-state index in [9.17, 15) is 0 Å². The highest BCUT2D eigenvalue weighted by Crippen LogP contribution is 2.08. The molecule has 0 aromatic carbocycles. The van der Waals surface area contributed by atoms with E-state index in [0.717, 1.165) is 19.0 Å². The van der Waals surface area contributed by atoms with Crippen molar-refractivity contribution in [2.45, 2.75) is 0 Å². The molecule has 0 radical (unpaired) electrons. The number of H-pyrrole nitrogens is 1. The van der Waals surface area contributed by atoms with E-state index < -0.39 is 0 Å². The fraction of sp³-hybridized carbons (Fsp3) is 0.333. The Morgan fingerprint density at radius 1 is 1.50 bits per heavy atom. The van der Waals surface area contributed by atoms with Gasteiger partial charge in [0.1, 0.15) is 0 Å². The van der Waals surface area contributed by atoms with Crippen molar-refractivity contribution in [2.24, 2.45) is 7.05 Å². The monoisotopic (exact) mass is 210 g/mol. The number of aromatic amines is 1. The van der Waals surface area contributed by atoms with E-state index in [-0.39, 0.29) is 0 Å². The smallest absolute Gasteiger partial charge is 0.226 e. The highest BCUT2D eigenvalue weighted by molar-refractivity contribution is 7.71. The summed E-state index contributed by atoms with van der Waals surface area (Å²) in [6.07, 6.45) is 3.64. The number of nitrogens with one attached hydrogen (secondary N) is 1. The summed E-state index contributed by atoms with van der Waals surface area (Å²) in [5.41, 5.74) is 0. The summed E-state index contributed by atoms with van der Waals surface area (Å²) in [6, 6.07) is 0. The standard InChI is InChI=1S/C9H14N4S/c1-4-6-13(7-5-2)8-10-11-9(14)12(8)3/h4-5H,1-2,6-7H2,3H3,(H,11,14). The Bertz CT molecular complexity index is 366. The third kappa shape index (κ3) is 2.11. The molecule has 0 saturated carbocycles. The van der Waals surface area contributed by atoms with Crippen LogP contribution in [-0.2, 0) is 7.05 Å². The molecule has 0 aliphatic carbocycles. The van der Waals surface area contributed by atoms with E-state index in [1.165, 1.54) is 0 Å². The van der Waals surface area contributed by atoms with Crippen LogP contribution in [0.4, 0.5) is 5.95 Å². The average Bonchev–Trinajstić information content (AvgIpc) is 2.48. The summed E-state index contributed by atoms with van der Waals surface area (Å²) in [5, 5.41) is 6.87. The first kappa shape index (κ1) is 10.7. The van der Waals surface area contributed by atoms with Crippen LogP contribution in [0.1, 0.15) is 0 Å². The molecular weight excluding hydrogens is 196 g/mol. The Balaban J connectivity index is 2.97. The molecule has 0 saturated heterocycles. The van der Waals surface area contributed by atoms with Crippen molar-refractivity contribution in [2.75, 3.05) is 18.0 Å². The molecule has 5 heteroatoms. The molecule has 1 aromatic heterocycles. The molecule has 0 spiro atoms. The van der Waals surface area contributed by atoms with Gasteiger partial charge in [-0.1, -0.05) is 12.2 Å². The average molecular weight is 210 g/mol. The number of rotatable bonds is 5. The van der Waals surface area contributed by atoms with Gasteiger partial charge >= 0.3 is 0 Å². The molecule has 0 unspecified atom stereocenters. The normalized spacial score (nSPS) is 9.79. The molecule has 1 aromatic rings. The molecule has 0 aliphatic heterocycles. The Kier molecular flexibility index (Phi) is 3.64. The lowest BCUT2D eigenvalue weighted by atomic mass is 10.5. The van der Waals surface area contributed by atoms with Crippen LogP contribution in [0.15, 0.2) is 25.3 Å². The Morgan fingerprint density at radius 3 is 2.43 bits per heavy atom. The molecular formula is C9H14N4S. The first-order valence-electron chi connectivity index (χ1n) is 4.28. The minimum absolute atomic E-state index is 0.609. The van der Waals surface area contributed by atoms with Crippen LogP contribution in [0.3, 0.4) is 0 Å². The first-order valence-corrected chi connectivity index (χ1v) is 4.69. The minimum Gasteiger partial charge on any atom is -0.334 e. The zero-order valence-electron chi connectivity index (χ0n) is 8.23. The van der Waals surface area contributed by atoms with Crippen LogP contribution in [0.2, 0.25) is 0 Å². The van der Waals surface area contributed by atoms with Crippen molar-refractivity contribution in [1.82, 2.24) is 14.8 Å². The van der Waals surface area contributed by atoms with Crippen LogP contribution in [0.5, 0.6) is 0 Å². The predicted octanol–water partition coefficient (Wildman–Crippen LogP) is 1.66. The predicted molar refractivity (Wildman–Crippen MR) is 61.0 cm³/mol. The maximum atomic E-state index is 5.03. The van der Waals surface area contributed by atoms with E-state index in [4.69, 9.17) is 12.2 Å². The molecule has 14 heavy (non-hydrogen) atoms. The van der Waals surface area contributed by atoms with Crippen LogP contribution in [0.25, 0.3) is 0 Å². The van der Waals surface area contributed by atoms with Gasteiger partial charge in [0.2, 0.25) is 5.95 Å². The van der Waals surface area contributed by atoms with Gasteiger partial charge in [0.05, 0.1) is 0 Å². The quantitative estimate of drug-likeness (QED) is 0.593. The zero-order valence-corrected chi connectivity index (χ0v) is 9.05. The van der Waals surface area contributed by atoms with Gasteiger partial charge < -0.3 is 4.90 Å². The molecule has 0 atom stereocenters. The molecule has 0 fully saturated rings. The van der Waals surface area contributed by atoms with E-state index in [2.05, 4.69) is 23.4 Å². The lowest BCUT2D eigenvalue weighted by Gasteiger charge is -2.19. The summed E-state index contributed by atoms with van der Waals surface area (Å²) < 4.78 is 2.43. The van der Waals surface area contributed by atoms with E-state index in [1.807, 2.05) is 28.7 Å². The minimum atomic E-state index is 0.609. The number of hydrogen-bond donors (Lipinski definition) is 1. The van der Waals surface area contributed by atoms with E-state index >= 15 is 0 Å². The second-order valence-corrected chi connectivity index (χ2v) is 3.26. The molecule has 1 heterocycles. The molecule has 0 bridgehead atoms. The SMILES string of the molecule is C=CCN(CC=C)c1n[nH]c(=S)n1C. The zero-order chi connectivity index (χ0) is 10.6. The van der Waals surface area contributed by atoms with Crippen molar-refractivity contribution in [3.8, 4) is 0 Å². The molecule has 4 nitrogen and oxygen atoms in total. The fourth-order valence-corrected chi connectivity index (χ4v) is 1.30. The van der Waals surface area contributed by atoms with Gasteiger partial charge in [-0.05, 0) is 12.2 Å². The second kappa shape index (κ2) is 4.76. The summed E-state index contributed by atoms with van der Waals surface area (Å²) >= 11 is 5.03. The van der Waals surface area contributed by atoms with Crippen LogP contribution in [-0.4, -0.2) is 27.9 Å². The Hall–Kier alpha value is -1.36. The van der Waals surface area contributed by atoms with Gasteiger partial charge in [0.25, 0.3) is 0 Å². The molecule has 1 N–H and O–H groups in total. The maximum absolute atomic E-state index is 5.03. The summed E-state index contributed by atoms with van der Waals surface area (Å²) in [5.74, 6) is 0.801. The van der Waals surface area contributed by atoms with Crippen molar-refractivity contribution >= 4 is 18.2 Å². The van der Waals surface area contributed by atoms with E-state index in [0.29, 0.717) is 4.77 Å². The van der Waals surface area contributed by atoms with Gasteiger partial charge in [-0.3, -0.25) is 4.57 Å². The molecule has 0 amide bonds. The van der Waals surface area contributed by atoms with Crippen molar-refractivity contribution in [1.29, 1.82) is 0 Å². The fourth-order valence-electron chi connectivity index (χ4n) is 1.17. The number of hydrogen-bond acceptors (Lipinski definition) is 3. The van der Waals surface area contributed by atoms with Gasteiger partial charge in [0.15, 0.2) is 4.77 Å².